The highest BCUT2D eigenvalue weighted by Crippen LogP contribution is 2.68. The van der Waals surface area contributed by atoms with Crippen LogP contribution in [0.4, 0.5) is 114 Å². The summed E-state index contributed by atoms with van der Waals surface area (Å²) in [5.41, 5.74) is 0. The van der Waals surface area contributed by atoms with E-state index in [0.29, 0.717) is 0 Å². The zero-order chi connectivity index (χ0) is 38.6. The van der Waals surface area contributed by atoms with E-state index in [-0.39, 0.29) is 0 Å². The monoisotopic (exact) mass is 776 g/mol. The molecule has 0 aromatic carbocycles. The molecule has 0 rings (SSSR count). The lowest BCUT2D eigenvalue weighted by Crippen LogP contribution is -2.79. The van der Waals surface area contributed by atoms with Crippen LogP contribution < -0.4 is 0 Å². The van der Waals surface area contributed by atoms with Crippen LogP contribution in [0.25, 0.3) is 0 Å². The molecule has 2 N–H and O–H groups in total. The first-order valence-electron chi connectivity index (χ1n) is 9.31. The molecule has 0 radical (unpaired) electrons. The average molecular weight is 776 g/mol. The van der Waals surface area contributed by atoms with Gasteiger partial charge in [0.15, 0.2) is 0 Å². The Morgan fingerprint density at radius 1 is 0.348 bits per heavy atom. The maximum absolute atomic E-state index is 13.8. The predicted octanol–water partition coefficient (Wildman–Crippen LogP) is 7.18. The van der Waals surface area contributed by atoms with Crippen LogP contribution in [0.1, 0.15) is 0 Å². The number of alkyl halides is 26. The van der Waals surface area contributed by atoms with Gasteiger partial charge < -0.3 is 5.11 Å². The Kier molecular flexibility index (Phi) is 9.74. The predicted molar refractivity (Wildman–Crippen MR) is 83.5 cm³/mol. The quantitative estimate of drug-likeness (QED) is 0.153. The van der Waals surface area contributed by atoms with Crippen LogP contribution in [-0.2, 0) is 14.9 Å². The molecule has 0 spiro atoms. The van der Waals surface area contributed by atoms with E-state index in [1.54, 1.807) is 0 Å². The van der Waals surface area contributed by atoms with Gasteiger partial charge in [0.2, 0.25) is 0 Å². The summed E-state index contributed by atoms with van der Waals surface area (Å²) < 4.78 is 376. The number of carboxylic acid groups (broad SMARTS) is 1. The van der Waals surface area contributed by atoms with Crippen molar-refractivity contribution in [1.82, 2.24) is 0 Å². The summed E-state index contributed by atoms with van der Waals surface area (Å²) in [5, 5.41) is 0.138. The SMILES string of the molecule is O=C(O)C(F)(C(F)(F)C(F)(F)C(F)(F)C(F)(F)C(F)(F)C(F)(F)C(F)(F)C(F)(F)C(F)(F)C(F)(F)C(F)(F)C(F)(F)F)S(=O)(=O)O. The first-order valence-corrected chi connectivity index (χ1v) is 10.8. The Morgan fingerprint density at radius 2 is 0.500 bits per heavy atom. The Bertz CT molecular complexity index is 1300. The highest BCUT2D eigenvalue weighted by Gasteiger charge is 3.00. The first kappa shape index (κ1) is 43.6. The molecule has 5 nitrogen and oxygen atoms in total. The van der Waals surface area contributed by atoms with Crippen LogP contribution in [0.2, 0.25) is 0 Å². The maximum Gasteiger partial charge on any atom is 0.460 e. The summed E-state index contributed by atoms with van der Waals surface area (Å²) in [6, 6.07) is 0. The third-order valence-electron chi connectivity index (χ3n) is 5.33. The van der Waals surface area contributed by atoms with Crippen molar-refractivity contribution >= 4 is 16.1 Å². The van der Waals surface area contributed by atoms with Crippen molar-refractivity contribution in [3.05, 3.63) is 0 Å². The standard InChI is InChI=1S/C14H2F26O5S/c15-2(1(41)42,46(43,44)45)3(16,17)4(18,19)5(20,21)6(22,23)7(24,25)8(26,27)9(28,29)10(30,31)11(32,33)12(34,35)13(36,37)14(38,39)40/h(H,41,42)(H,43,44,45). The fraction of sp³-hybridized carbons (Fsp3) is 0.929. The number of carboxylic acids is 1. The summed E-state index contributed by atoms with van der Waals surface area (Å²) in [5.74, 6) is -110. The normalized spacial score (nSPS) is 18.0. The van der Waals surface area contributed by atoms with Gasteiger partial charge in [0.1, 0.15) is 0 Å². The van der Waals surface area contributed by atoms with Crippen molar-refractivity contribution in [3.8, 4) is 0 Å². The molecule has 0 aromatic rings. The van der Waals surface area contributed by atoms with E-state index < -0.39 is 92.4 Å². The minimum absolute atomic E-state index is 4.87. The highest BCUT2D eigenvalue weighted by molar-refractivity contribution is 7.88. The van der Waals surface area contributed by atoms with Gasteiger partial charge in [-0.25, -0.2) is 9.18 Å². The van der Waals surface area contributed by atoms with Gasteiger partial charge >= 0.3 is 92.4 Å². The van der Waals surface area contributed by atoms with Crippen LogP contribution in [0.15, 0.2) is 0 Å². The second-order valence-electron chi connectivity index (χ2n) is 8.19. The second-order valence-corrected chi connectivity index (χ2v) is 9.70. The van der Waals surface area contributed by atoms with E-state index >= 15 is 0 Å². The van der Waals surface area contributed by atoms with Gasteiger partial charge in [-0.3, -0.25) is 4.55 Å². The first-order chi connectivity index (χ1) is 19.2. The van der Waals surface area contributed by atoms with Crippen LogP contribution in [-0.4, -0.2) is 100 Å². The number of hydrogen-bond donors (Lipinski definition) is 2. The van der Waals surface area contributed by atoms with Gasteiger partial charge in [0.25, 0.3) is 0 Å². The van der Waals surface area contributed by atoms with Crippen LogP contribution >= 0.6 is 0 Å². The molecule has 32 heteroatoms. The molecule has 0 amide bonds. The minimum atomic E-state index is -9.95. The molecule has 1 atom stereocenters. The van der Waals surface area contributed by atoms with Crippen molar-refractivity contribution in [2.24, 2.45) is 0 Å². The molecule has 276 valence electrons. The lowest BCUT2D eigenvalue weighted by Gasteiger charge is -2.46. The smallest absolute Gasteiger partial charge is 0.460 e. The van der Waals surface area contributed by atoms with Gasteiger partial charge in [-0.2, -0.15) is 118 Å². The highest BCUT2D eigenvalue weighted by atomic mass is 32.2. The summed E-state index contributed by atoms with van der Waals surface area (Å²) >= 11 is 0. The van der Waals surface area contributed by atoms with E-state index in [0.717, 1.165) is 0 Å². The third kappa shape index (κ3) is 4.70. The molecule has 0 saturated carbocycles. The molecular formula is C14H2F26O5S. The Morgan fingerprint density at radius 3 is 0.630 bits per heavy atom. The van der Waals surface area contributed by atoms with Gasteiger partial charge in [-0.15, -0.1) is 0 Å². The average Bonchev–Trinajstić information content (AvgIpc) is 2.80. The Hall–Kier alpha value is -2.44. The molecule has 0 bridgehead atoms. The molecule has 0 aliphatic heterocycles. The van der Waals surface area contributed by atoms with Crippen molar-refractivity contribution < 1.29 is 137 Å². The van der Waals surface area contributed by atoms with Crippen LogP contribution in [0.5, 0.6) is 0 Å². The molecule has 0 aliphatic rings. The molecule has 1 unspecified atom stereocenters. The zero-order valence-corrected chi connectivity index (χ0v) is 20.2. The van der Waals surface area contributed by atoms with Gasteiger partial charge in [0.05, 0.1) is 0 Å². The van der Waals surface area contributed by atoms with E-state index in [2.05, 4.69) is 0 Å². The number of carbonyl (C=O) groups is 1. The molecule has 0 fully saturated rings. The summed E-state index contributed by atoms with van der Waals surface area (Å²) in [7, 11) is -8.29. The number of rotatable bonds is 13. The largest absolute Gasteiger partial charge is 0.478 e. The van der Waals surface area contributed by atoms with Gasteiger partial charge in [-0.05, 0) is 0 Å². The Balaban J connectivity index is 7.70. The third-order valence-corrected chi connectivity index (χ3v) is 6.48. The van der Waals surface area contributed by atoms with E-state index in [4.69, 9.17) is 9.66 Å². The fourth-order valence-electron chi connectivity index (χ4n) is 2.56. The molecule has 0 saturated heterocycles. The maximum atomic E-state index is 13.8. The molecule has 0 heterocycles. The minimum Gasteiger partial charge on any atom is -0.478 e. The number of halogens is 26. The zero-order valence-electron chi connectivity index (χ0n) is 19.4. The van der Waals surface area contributed by atoms with Crippen molar-refractivity contribution in [2.75, 3.05) is 0 Å². The summed E-state index contributed by atoms with van der Waals surface area (Å²) in [4.78, 5) is 10.4. The number of aliphatic carboxylic acids is 1. The topological polar surface area (TPSA) is 91.7 Å². The summed E-state index contributed by atoms with van der Waals surface area (Å²) in [6.07, 6.45) is -8.30. The molecule has 0 aromatic heterocycles. The van der Waals surface area contributed by atoms with E-state index in [1.807, 2.05) is 0 Å². The van der Waals surface area contributed by atoms with E-state index in [1.165, 1.54) is 0 Å². The fourth-order valence-corrected chi connectivity index (χ4v) is 3.23. The number of hydrogen-bond acceptors (Lipinski definition) is 3. The van der Waals surface area contributed by atoms with Crippen molar-refractivity contribution in [1.29, 1.82) is 0 Å². The van der Waals surface area contributed by atoms with Crippen molar-refractivity contribution in [2.45, 2.75) is 76.3 Å². The van der Waals surface area contributed by atoms with Gasteiger partial charge in [0, 0.05) is 0 Å². The second kappa shape index (κ2) is 10.3. The van der Waals surface area contributed by atoms with E-state index in [9.17, 15) is 127 Å². The lowest BCUT2D eigenvalue weighted by molar-refractivity contribution is -0.482. The summed E-state index contributed by atoms with van der Waals surface area (Å²) in [6.45, 7) is 0. The van der Waals surface area contributed by atoms with Crippen LogP contribution in [0.3, 0.4) is 0 Å². The molecule has 0 aliphatic carbocycles. The molecular weight excluding hydrogens is 774 g/mol. The molecule has 46 heavy (non-hydrogen) atoms. The van der Waals surface area contributed by atoms with Crippen molar-refractivity contribution in [3.63, 3.8) is 0 Å². The Labute approximate surface area is 230 Å². The van der Waals surface area contributed by atoms with Crippen LogP contribution in [0, 0.1) is 0 Å². The lowest BCUT2D eigenvalue weighted by atomic mass is 9.84. The van der Waals surface area contributed by atoms with Gasteiger partial charge in [-0.1, -0.05) is 0 Å².